The zero-order valence-corrected chi connectivity index (χ0v) is 6.94. The number of carbonyl (C=O) groups is 1. The zero-order valence-electron chi connectivity index (χ0n) is 6.94. The van der Waals surface area contributed by atoms with E-state index in [-0.39, 0.29) is 11.1 Å². The summed E-state index contributed by atoms with van der Waals surface area (Å²) in [7, 11) is 0. The second kappa shape index (κ2) is 3.66. The Bertz CT molecular complexity index is 406. The number of aryl methyl sites for hydroxylation is 1. The lowest BCUT2D eigenvalue weighted by Gasteiger charge is -1.94. The monoisotopic (exact) mass is 180 g/mol. The average molecular weight is 180 g/mol. The topological polar surface area (TPSA) is 83.0 Å². The first-order chi connectivity index (χ1) is 6.11. The molecule has 0 unspecified atom stereocenters. The molecule has 2 N–H and O–H groups in total. The summed E-state index contributed by atoms with van der Waals surface area (Å²) in [5.74, 6) is -1.09. The first-order valence-corrected chi connectivity index (χ1v) is 3.56. The maximum atomic E-state index is 11.1. The molecule has 0 radical (unpaired) electrons. The van der Waals surface area contributed by atoms with Gasteiger partial charge in [-0.2, -0.15) is 0 Å². The van der Waals surface area contributed by atoms with Gasteiger partial charge >= 0.3 is 5.97 Å². The van der Waals surface area contributed by atoms with Crippen LogP contribution < -0.4 is 5.56 Å². The molecule has 0 fully saturated rings. The van der Waals surface area contributed by atoms with Crippen LogP contribution >= 0.6 is 0 Å². The molecule has 0 aliphatic heterocycles. The predicted molar refractivity (Wildman–Crippen MR) is 46.3 cm³/mol. The zero-order chi connectivity index (χ0) is 9.84. The fourth-order valence-electron chi connectivity index (χ4n) is 0.850. The van der Waals surface area contributed by atoms with Crippen molar-refractivity contribution in [3.63, 3.8) is 0 Å². The number of aromatic amines is 1. The van der Waals surface area contributed by atoms with Crippen molar-refractivity contribution in [2.75, 3.05) is 0 Å². The molecule has 0 amide bonds. The Morgan fingerprint density at radius 3 is 2.92 bits per heavy atom. The smallest absolute Gasteiger partial charge is 0.328 e. The van der Waals surface area contributed by atoms with Gasteiger partial charge in [-0.25, -0.2) is 9.78 Å². The van der Waals surface area contributed by atoms with E-state index in [0.29, 0.717) is 5.69 Å². The summed E-state index contributed by atoms with van der Waals surface area (Å²) in [5.41, 5.74) is 0.427. The van der Waals surface area contributed by atoms with Gasteiger partial charge in [-0.1, -0.05) is 0 Å². The Morgan fingerprint density at radius 1 is 1.69 bits per heavy atom. The molecule has 0 bridgehead atoms. The van der Waals surface area contributed by atoms with Crippen LogP contribution in [-0.2, 0) is 4.79 Å². The highest BCUT2D eigenvalue weighted by Crippen LogP contribution is 1.98. The molecule has 68 valence electrons. The first kappa shape index (κ1) is 9.18. The number of aliphatic carboxylic acids is 1. The Labute approximate surface area is 73.8 Å². The van der Waals surface area contributed by atoms with Crippen LogP contribution in [0.25, 0.3) is 6.08 Å². The lowest BCUT2D eigenvalue weighted by molar-refractivity contribution is -0.131. The molecule has 1 aromatic rings. The van der Waals surface area contributed by atoms with E-state index < -0.39 is 5.97 Å². The Hall–Kier alpha value is -1.91. The minimum Gasteiger partial charge on any atom is -0.478 e. The Morgan fingerprint density at radius 2 is 2.38 bits per heavy atom. The third kappa shape index (κ3) is 2.26. The summed E-state index contributed by atoms with van der Waals surface area (Å²) in [6.45, 7) is 1.64. The highest BCUT2D eigenvalue weighted by atomic mass is 16.4. The second-order valence-electron chi connectivity index (χ2n) is 2.40. The van der Waals surface area contributed by atoms with Crippen molar-refractivity contribution in [3.8, 4) is 0 Å². The van der Waals surface area contributed by atoms with Gasteiger partial charge in [-0.15, -0.1) is 0 Å². The van der Waals surface area contributed by atoms with Gasteiger partial charge in [-0.3, -0.25) is 4.79 Å². The number of hydrogen-bond donors (Lipinski definition) is 2. The molecule has 13 heavy (non-hydrogen) atoms. The summed E-state index contributed by atoms with van der Waals surface area (Å²) in [4.78, 5) is 27.5. The fourth-order valence-corrected chi connectivity index (χ4v) is 0.850. The van der Waals surface area contributed by atoms with Gasteiger partial charge in [0.25, 0.3) is 5.56 Å². The molecule has 5 nitrogen and oxygen atoms in total. The van der Waals surface area contributed by atoms with E-state index in [0.717, 1.165) is 6.08 Å². The van der Waals surface area contributed by atoms with Crippen LogP contribution in [0.15, 0.2) is 17.2 Å². The van der Waals surface area contributed by atoms with Crippen LogP contribution in [0.4, 0.5) is 0 Å². The van der Waals surface area contributed by atoms with Crippen molar-refractivity contribution >= 4 is 12.0 Å². The molecular formula is C8H8N2O3. The molecule has 0 aliphatic rings. The Balaban J connectivity index is 3.14. The summed E-state index contributed by atoms with van der Waals surface area (Å²) >= 11 is 0. The minimum absolute atomic E-state index is 0.268. The number of nitrogens with one attached hydrogen (secondary N) is 1. The van der Waals surface area contributed by atoms with Crippen molar-refractivity contribution in [3.05, 3.63) is 34.0 Å². The molecule has 5 heteroatoms. The number of carboxylic acid groups (broad SMARTS) is 1. The van der Waals surface area contributed by atoms with Gasteiger partial charge in [0.05, 0.1) is 17.6 Å². The second-order valence-corrected chi connectivity index (χ2v) is 2.40. The predicted octanol–water partition coefficient (Wildman–Crippen LogP) is 0.176. The van der Waals surface area contributed by atoms with E-state index in [1.165, 1.54) is 12.4 Å². The summed E-state index contributed by atoms with van der Waals surface area (Å²) in [5, 5.41) is 8.34. The fraction of sp³-hybridized carbons (Fsp3) is 0.125. The van der Waals surface area contributed by atoms with E-state index in [1.54, 1.807) is 6.92 Å². The molecule has 1 aromatic heterocycles. The van der Waals surface area contributed by atoms with Crippen LogP contribution in [0.2, 0.25) is 0 Å². The lowest BCUT2D eigenvalue weighted by atomic mass is 10.2. The molecule has 0 saturated carbocycles. The highest BCUT2D eigenvalue weighted by molar-refractivity contribution is 5.85. The molecule has 0 aromatic carbocycles. The van der Waals surface area contributed by atoms with Crippen molar-refractivity contribution < 1.29 is 9.90 Å². The lowest BCUT2D eigenvalue weighted by Crippen LogP contribution is -2.11. The molecule has 0 spiro atoms. The maximum absolute atomic E-state index is 11.1. The van der Waals surface area contributed by atoms with Crippen LogP contribution in [0, 0.1) is 6.92 Å². The average Bonchev–Trinajstić information content (AvgIpc) is 2.03. The van der Waals surface area contributed by atoms with Crippen molar-refractivity contribution in [2.24, 2.45) is 0 Å². The third-order valence-corrected chi connectivity index (χ3v) is 1.48. The molecule has 0 aliphatic carbocycles. The van der Waals surface area contributed by atoms with Gasteiger partial charge < -0.3 is 10.1 Å². The Kier molecular flexibility index (Phi) is 2.59. The largest absolute Gasteiger partial charge is 0.478 e. The van der Waals surface area contributed by atoms with Gasteiger partial charge in [0.15, 0.2) is 0 Å². The number of H-pyrrole nitrogens is 1. The van der Waals surface area contributed by atoms with Gasteiger partial charge in [-0.05, 0) is 13.0 Å². The highest BCUT2D eigenvalue weighted by Gasteiger charge is 2.00. The number of nitrogens with zero attached hydrogens (tertiary/aromatic N) is 1. The van der Waals surface area contributed by atoms with Gasteiger partial charge in [0.1, 0.15) is 0 Å². The molecule has 1 heterocycles. The summed E-state index contributed by atoms with van der Waals surface area (Å²) in [6.07, 6.45) is 3.40. The van der Waals surface area contributed by atoms with Crippen molar-refractivity contribution in [1.29, 1.82) is 0 Å². The first-order valence-electron chi connectivity index (χ1n) is 3.56. The van der Waals surface area contributed by atoms with E-state index in [9.17, 15) is 9.59 Å². The molecule has 1 rings (SSSR count). The quantitative estimate of drug-likeness (QED) is 0.636. The van der Waals surface area contributed by atoms with Crippen LogP contribution in [0.1, 0.15) is 11.3 Å². The van der Waals surface area contributed by atoms with Crippen LogP contribution in [-0.4, -0.2) is 21.0 Å². The molecule has 0 saturated heterocycles. The normalized spacial score (nSPS) is 10.5. The number of carboxylic acids is 1. The van der Waals surface area contributed by atoms with Crippen molar-refractivity contribution in [1.82, 2.24) is 9.97 Å². The summed E-state index contributed by atoms with van der Waals surface area (Å²) in [6, 6.07) is 0. The van der Waals surface area contributed by atoms with Crippen LogP contribution in [0.3, 0.4) is 0 Å². The van der Waals surface area contributed by atoms with E-state index >= 15 is 0 Å². The number of aromatic nitrogens is 2. The molecular weight excluding hydrogens is 172 g/mol. The maximum Gasteiger partial charge on any atom is 0.328 e. The number of hydrogen-bond acceptors (Lipinski definition) is 3. The van der Waals surface area contributed by atoms with E-state index in [2.05, 4.69) is 9.97 Å². The SMILES string of the molecule is Cc1nc[nH]c(=O)c1/C=C/C(=O)O. The molecule has 0 atom stereocenters. The van der Waals surface area contributed by atoms with Crippen LogP contribution in [0.5, 0.6) is 0 Å². The summed E-state index contributed by atoms with van der Waals surface area (Å²) < 4.78 is 0. The standard InChI is InChI=1S/C8H8N2O3/c1-5-6(2-3-7(11)12)8(13)10-4-9-5/h2-4H,1H3,(H,11,12)(H,9,10,13)/b3-2+. The van der Waals surface area contributed by atoms with Crippen molar-refractivity contribution in [2.45, 2.75) is 6.92 Å². The number of rotatable bonds is 2. The third-order valence-electron chi connectivity index (χ3n) is 1.48. The van der Waals surface area contributed by atoms with Gasteiger partial charge in [0, 0.05) is 6.08 Å². The van der Waals surface area contributed by atoms with E-state index in [1.807, 2.05) is 0 Å². The minimum atomic E-state index is -1.09. The van der Waals surface area contributed by atoms with E-state index in [4.69, 9.17) is 5.11 Å². The van der Waals surface area contributed by atoms with Gasteiger partial charge in [0.2, 0.25) is 0 Å².